The van der Waals surface area contributed by atoms with Crippen LogP contribution in [0.15, 0.2) is 36.4 Å². The first-order valence-corrected chi connectivity index (χ1v) is 9.33. The summed E-state index contributed by atoms with van der Waals surface area (Å²) in [7, 11) is 0. The number of benzene rings is 2. The summed E-state index contributed by atoms with van der Waals surface area (Å²) in [6, 6.07) is 10.4. The van der Waals surface area contributed by atoms with Gasteiger partial charge in [-0.05, 0) is 35.1 Å². The number of hydrogen-bond acceptors (Lipinski definition) is 4. The Bertz CT molecular complexity index is 937. The van der Waals surface area contributed by atoms with Gasteiger partial charge in [0.1, 0.15) is 6.73 Å². The monoisotopic (exact) mass is 380 g/mol. The van der Waals surface area contributed by atoms with E-state index in [2.05, 4.69) is 5.32 Å². The van der Waals surface area contributed by atoms with Gasteiger partial charge in [-0.15, -0.1) is 0 Å². The van der Waals surface area contributed by atoms with Crippen molar-refractivity contribution in [3.8, 4) is 0 Å². The average molecular weight is 380 g/mol. The predicted octanol–water partition coefficient (Wildman–Crippen LogP) is 3.41. The highest BCUT2D eigenvalue weighted by atomic mass is 16.3. The lowest BCUT2D eigenvalue weighted by Gasteiger charge is -2.25. The Kier molecular flexibility index (Phi) is 5.34. The molecule has 0 radical (unpaired) electrons. The van der Waals surface area contributed by atoms with Crippen LogP contribution in [-0.2, 0) is 0 Å². The van der Waals surface area contributed by atoms with Crippen LogP contribution < -0.4 is 10.2 Å². The zero-order chi connectivity index (χ0) is 20.6. The van der Waals surface area contributed by atoms with Crippen molar-refractivity contribution in [3.63, 3.8) is 0 Å². The van der Waals surface area contributed by atoms with Crippen LogP contribution in [0.1, 0.15) is 81.7 Å². The molecule has 3 rings (SSSR count). The first-order chi connectivity index (χ1) is 13.3. The summed E-state index contributed by atoms with van der Waals surface area (Å²) < 4.78 is 0. The van der Waals surface area contributed by atoms with Gasteiger partial charge in [-0.1, -0.05) is 52.0 Å². The number of nitrogens with one attached hydrogen (secondary N) is 1. The maximum absolute atomic E-state index is 13.3. The number of carbonyl (C=O) groups is 3. The first kappa shape index (κ1) is 19.8. The molecule has 6 heteroatoms. The van der Waals surface area contributed by atoms with Gasteiger partial charge in [-0.3, -0.25) is 14.4 Å². The highest BCUT2D eigenvalue weighted by molar-refractivity contribution is 6.36. The number of para-hydroxylation sites is 1. The second kappa shape index (κ2) is 7.56. The molecule has 3 amide bonds. The molecule has 0 aromatic heterocycles. The summed E-state index contributed by atoms with van der Waals surface area (Å²) in [6.07, 6.45) is 0. The molecular weight excluding hydrogens is 356 g/mol. The van der Waals surface area contributed by atoms with Crippen molar-refractivity contribution < 1.29 is 19.5 Å². The molecule has 6 nitrogen and oxygen atoms in total. The molecule has 0 aliphatic carbocycles. The van der Waals surface area contributed by atoms with Gasteiger partial charge in [0, 0.05) is 0 Å². The van der Waals surface area contributed by atoms with Gasteiger partial charge in [-0.25, -0.2) is 4.90 Å². The summed E-state index contributed by atoms with van der Waals surface area (Å²) in [4.78, 5) is 40.1. The summed E-state index contributed by atoms with van der Waals surface area (Å²) in [5.74, 6) is -1.33. The molecule has 0 bridgehead atoms. The topological polar surface area (TPSA) is 86.7 Å². The van der Waals surface area contributed by atoms with Crippen LogP contribution in [0, 0.1) is 0 Å². The number of aliphatic hydroxyl groups is 1. The fourth-order valence-corrected chi connectivity index (χ4v) is 3.61. The summed E-state index contributed by atoms with van der Waals surface area (Å²) in [5.41, 5.74) is 2.77. The quantitative estimate of drug-likeness (QED) is 0.615. The van der Waals surface area contributed by atoms with Crippen LogP contribution in [0.25, 0.3) is 0 Å². The molecule has 1 aliphatic rings. The van der Waals surface area contributed by atoms with E-state index in [1.54, 1.807) is 12.1 Å². The van der Waals surface area contributed by atoms with E-state index in [1.807, 2.05) is 45.9 Å². The van der Waals surface area contributed by atoms with Crippen molar-refractivity contribution in [2.24, 2.45) is 0 Å². The molecule has 2 aromatic carbocycles. The van der Waals surface area contributed by atoms with Crippen LogP contribution in [-0.4, -0.2) is 29.6 Å². The fraction of sp³-hybridized carbons (Fsp3) is 0.318. The minimum Gasteiger partial charge on any atom is -0.376 e. The third-order valence-corrected chi connectivity index (χ3v) is 4.97. The van der Waals surface area contributed by atoms with Crippen molar-refractivity contribution in [3.05, 3.63) is 64.2 Å². The smallest absolute Gasteiger partial charge is 0.266 e. The Morgan fingerprint density at radius 2 is 1.54 bits per heavy atom. The molecule has 2 aromatic rings. The van der Waals surface area contributed by atoms with Crippen LogP contribution in [0.5, 0.6) is 0 Å². The van der Waals surface area contributed by atoms with Crippen LogP contribution in [0.4, 0.5) is 5.69 Å². The number of hydrogen-bond donors (Lipinski definition) is 2. The van der Waals surface area contributed by atoms with Crippen LogP contribution in [0.3, 0.4) is 0 Å². The number of rotatable bonds is 5. The number of amides is 3. The molecule has 0 saturated heterocycles. The van der Waals surface area contributed by atoms with E-state index in [4.69, 9.17) is 5.11 Å². The number of imide groups is 1. The number of anilines is 1. The maximum Gasteiger partial charge on any atom is 0.266 e. The van der Waals surface area contributed by atoms with Crippen molar-refractivity contribution in [1.29, 1.82) is 0 Å². The summed E-state index contributed by atoms with van der Waals surface area (Å²) in [6.45, 7) is 7.51. The van der Waals surface area contributed by atoms with Gasteiger partial charge < -0.3 is 10.4 Å². The van der Waals surface area contributed by atoms with Crippen molar-refractivity contribution >= 4 is 23.4 Å². The van der Waals surface area contributed by atoms with E-state index in [0.717, 1.165) is 11.1 Å². The molecule has 0 atom stereocenters. The lowest BCUT2D eigenvalue weighted by Crippen LogP contribution is -2.32. The average Bonchev–Trinajstić information content (AvgIpc) is 2.91. The van der Waals surface area contributed by atoms with Crippen molar-refractivity contribution in [2.75, 3.05) is 11.6 Å². The van der Waals surface area contributed by atoms with E-state index in [0.29, 0.717) is 5.69 Å². The second-order valence-electron chi connectivity index (χ2n) is 7.43. The van der Waals surface area contributed by atoms with Crippen LogP contribution in [0.2, 0.25) is 0 Å². The van der Waals surface area contributed by atoms with E-state index in [-0.39, 0.29) is 28.5 Å². The van der Waals surface area contributed by atoms with E-state index in [1.165, 1.54) is 11.0 Å². The molecular formula is C22H24N2O4. The standard InChI is InChI=1S/C22H24N2O4/c1-12(2)14-7-5-8-15(13(3)4)19(14)24-21(27)17-10-6-9-16(18(17)22(24)28)20(26)23-11-25/h5-10,12-13,25H,11H2,1-4H3,(H,23,26). The Morgan fingerprint density at radius 3 is 2.07 bits per heavy atom. The molecule has 28 heavy (non-hydrogen) atoms. The van der Waals surface area contributed by atoms with Gasteiger partial charge in [0.2, 0.25) is 0 Å². The second-order valence-corrected chi connectivity index (χ2v) is 7.43. The fourth-order valence-electron chi connectivity index (χ4n) is 3.61. The SMILES string of the molecule is CC(C)c1cccc(C(C)C)c1N1C(=O)c2cccc(C(=O)NCO)c2C1=O. The maximum atomic E-state index is 13.3. The lowest BCUT2D eigenvalue weighted by molar-refractivity contribution is 0.0889. The first-order valence-electron chi connectivity index (χ1n) is 9.33. The van der Waals surface area contributed by atoms with Gasteiger partial charge in [0.05, 0.1) is 22.4 Å². The van der Waals surface area contributed by atoms with Crippen molar-refractivity contribution in [1.82, 2.24) is 5.32 Å². The molecule has 146 valence electrons. The third kappa shape index (κ3) is 3.10. The third-order valence-electron chi connectivity index (χ3n) is 4.97. The molecule has 0 unspecified atom stereocenters. The van der Waals surface area contributed by atoms with Gasteiger partial charge in [0.25, 0.3) is 17.7 Å². The normalized spacial score (nSPS) is 13.5. The highest BCUT2D eigenvalue weighted by Crippen LogP contribution is 2.40. The van der Waals surface area contributed by atoms with Gasteiger partial charge >= 0.3 is 0 Å². The Balaban J connectivity index is 2.22. The minimum absolute atomic E-state index is 0.0757. The number of fused-ring (bicyclic) bond motifs is 1. The summed E-state index contributed by atoms with van der Waals surface area (Å²) in [5, 5.41) is 11.3. The molecule has 1 aliphatic heterocycles. The number of aliphatic hydroxyl groups excluding tert-OH is 1. The molecule has 0 saturated carbocycles. The highest BCUT2D eigenvalue weighted by Gasteiger charge is 2.41. The van der Waals surface area contributed by atoms with Crippen LogP contribution >= 0.6 is 0 Å². The van der Waals surface area contributed by atoms with Gasteiger partial charge in [0.15, 0.2) is 0 Å². The number of nitrogens with zero attached hydrogens (tertiary/aromatic N) is 1. The molecule has 0 spiro atoms. The predicted molar refractivity (Wildman–Crippen MR) is 107 cm³/mol. The minimum atomic E-state index is -0.594. The Morgan fingerprint density at radius 1 is 0.964 bits per heavy atom. The van der Waals surface area contributed by atoms with Gasteiger partial charge in [-0.2, -0.15) is 0 Å². The number of carbonyl (C=O) groups excluding carboxylic acids is 3. The molecule has 1 heterocycles. The lowest BCUT2D eigenvalue weighted by atomic mass is 9.92. The largest absolute Gasteiger partial charge is 0.376 e. The zero-order valence-electron chi connectivity index (χ0n) is 16.4. The Labute approximate surface area is 164 Å². The molecule has 0 fully saturated rings. The van der Waals surface area contributed by atoms with E-state index >= 15 is 0 Å². The summed E-state index contributed by atoms with van der Waals surface area (Å²) >= 11 is 0. The van der Waals surface area contributed by atoms with E-state index in [9.17, 15) is 14.4 Å². The molecule has 2 N–H and O–H groups in total. The van der Waals surface area contributed by atoms with E-state index < -0.39 is 24.5 Å². The zero-order valence-corrected chi connectivity index (χ0v) is 16.4. The Hall–Kier alpha value is -2.99. The van der Waals surface area contributed by atoms with Crippen molar-refractivity contribution in [2.45, 2.75) is 39.5 Å².